The van der Waals surface area contributed by atoms with Crippen molar-refractivity contribution in [2.75, 3.05) is 5.75 Å². The van der Waals surface area contributed by atoms with Crippen molar-refractivity contribution < 1.29 is 22.8 Å². The molecule has 0 amide bonds. The van der Waals surface area contributed by atoms with E-state index in [0.29, 0.717) is 17.1 Å². The number of aliphatic hydroxyl groups excluding tert-OH is 1. The quantitative estimate of drug-likeness (QED) is 0.349. The van der Waals surface area contributed by atoms with Gasteiger partial charge in [-0.1, -0.05) is 74.0 Å². The molecule has 4 aromatic rings. The van der Waals surface area contributed by atoms with E-state index in [0.717, 1.165) is 29.0 Å². The third kappa shape index (κ3) is 5.52. The predicted octanol–water partition coefficient (Wildman–Crippen LogP) is 5.22. The van der Waals surface area contributed by atoms with E-state index in [1.165, 1.54) is 5.56 Å². The fourth-order valence-electron chi connectivity index (χ4n) is 5.26. The normalized spacial score (nSPS) is 19.8. The van der Waals surface area contributed by atoms with Crippen molar-refractivity contribution in [2.45, 2.75) is 50.8 Å². The van der Waals surface area contributed by atoms with Gasteiger partial charge < -0.3 is 9.84 Å². The lowest BCUT2D eigenvalue weighted by Crippen LogP contribution is -2.38. The number of aryl methyl sites for hydroxylation is 1. The highest BCUT2D eigenvalue weighted by Gasteiger charge is 2.44. The van der Waals surface area contributed by atoms with Crippen LogP contribution in [0.15, 0.2) is 102 Å². The fraction of sp³-hybridized carbons (Fsp3) is 0.281. The lowest BCUT2D eigenvalue weighted by atomic mass is 9.75. The molecule has 5 rings (SSSR count). The number of hydrogen-bond acceptors (Lipinski definition) is 4. The SMILES string of the molecule is Cc1ccc2c(c1)[C@@H](c1ccc(OCc3ccc(C[n+]4ccccc4)cc3)cc1)[C@@H](O)C(C)(C)CS2(=O)=O. The summed E-state index contributed by atoms with van der Waals surface area (Å²) >= 11 is 0. The van der Waals surface area contributed by atoms with E-state index in [2.05, 4.69) is 41.2 Å². The molecule has 3 aromatic carbocycles. The van der Waals surface area contributed by atoms with Crippen LogP contribution in [-0.2, 0) is 23.0 Å². The Kier molecular flexibility index (Phi) is 7.12. The number of rotatable bonds is 6. The molecule has 38 heavy (non-hydrogen) atoms. The van der Waals surface area contributed by atoms with Gasteiger partial charge in [-0.2, -0.15) is 0 Å². The first kappa shape index (κ1) is 26.1. The molecule has 5 nitrogen and oxygen atoms in total. The van der Waals surface area contributed by atoms with Crippen molar-refractivity contribution >= 4 is 9.84 Å². The average Bonchev–Trinajstić information content (AvgIpc) is 2.94. The molecular formula is C32H34NO4S+. The van der Waals surface area contributed by atoms with Gasteiger partial charge >= 0.3 is 0 Å². The van der Waals surface area contributed by atoms with Gasteiger partial charge in [0.1, 0.15) is 12.4 Å². The zero-order chi connectivity index (χ0) is 26.9. The van der Waals surface area contributed by atoms with E-state index in [1.54, 1.807) is 6.07 Å². The summed E-state index contributed by atoms with van der Waals surface area (Å²) in [6.07, 6.45) is 3.24. The fourth-order valence-corrected chi connectivity index (χ4v) is 7.39. The third-order valence-corrected chi connectivity index (χ3v) is 9.49. The van der Waals surface area contributed by atoms with Crippen molar-refractivity contribution in [3.05, 3.63) is 125 Å². The second kappa shape index (κ2) is 10.4. The van der Waals surface area contributed by atoms with Gasteiger partial charge in [-0.05, 0) is 41.8 Å². The van der Waals surface area contributed by atoms with Crippen LogP contribution in [0, 0.1) is 12.3 Å². The number of sulfone groups is 1. The Morgan fingerprint density at radius 1 is 0.921 bits per heavy atom. The lowest BCUT2D eigenvalue weighted by molar-refractivity contribution is -0.688. The van der Waals surface area contributed by atoms with E-state index in [1.807, 2.05) is 75.4 Å². The van der Waals surface area contributed by atoms with Crippen LogP contribution in [0.4, 0.5) is 0 Å². The molecule has 0 saturated carbocycles. The Morgan fingerprint density at radius 2 is 1.58 bits per heavy atom. The van der Waals surface area contributed by atoms with Crippen LogP contribution in [0.3, 0.4) is 0 Å². The molecule has 2 heterocycles. The highest BCUT2D eigenvalue weighted by Crippen LogP contribution is 2.45. The van der Waals surface area contributed by atoms with E-state index >= 15 is 0 Å². The van der Waals surface area contributed by atoms with Crippen LogP contribution in [0.2, 0.25) is 0 Å². The number of fused-ring (bicyclic) bond motifs is 1. The molecule has 0 fully saturated rings. The number of benzene rings is 3. The Labute approximate surface area is 225 Å². The molecule has 0 saturated heterocycles. The van der Waals surface area contributed by atoms with Crippen LogP contribution in [0.5, 0.6) is 5.75 Å². The van der Waals surface area contributed by atoms with Crippen LogP contribution in [0.25, 0.3) is 0 Å². The molecule has 0 radical (unpaired) electrons. The zero-order valence-corrected chi connectivity index (χ0v) is 22.9. The number of aliphatic hydroxyl groups is 1. The van der Waals surface area contributed by atoms with Gasteiger partial charge in [-0.25, -0.2) is 13.0 Å². The molecule has 0 aliphatic carbocycles. The minimum atomic E-state index is -3.53. The number of aromatic nitrogens is 1. The van der Waals surface area contributed by atoms with Gasteiger partial charge in [0.15, 0.2) is 28.8 Å². The first-order valence-electron chi connectivity index (χ1n) is 12.9. The maximum absolute atomic E-state index is 13.2. The molecule has 0 bridgehead atoms. The summed E-state index contributed by atoms with van der Waals surface area (Å²) in [6.45, 7) is 6.84. The zero-order valence-electron chi connectivity index (χ0n) is 22.0. The summed E-state index contributed by atoms with van der Waals surface area (Å²) in [5.41, 5.74) is 3.97. The minimum absolute atomic E-state index is 0.0995. The largest absolute Gasteiger partial charge is 0.489 e. The number of nitrogens with zero attached hydrogens (tertiary/aromatic N) is 1. The summed E-state index contributed by atoms with van der Waals surface area (Å²) in [6, 6.07) is 27.5. The molecule has 6 heteroatoms. The number of hydrogen-bond donors (Lipinski definition) is 1. The number of pyridine rings is 1. The summed E-state index contributed by atoms with van der Waals surface area (Å²) in [5.74, 6) is 0.163. The summed E-state index contributed by atoms with van der Waals surface area (Å²) in [4.78, 5) is 0.312. The summed E-state index contributed by atoms with van der Waals surface area (Å²) in [5, 5.41) is 11.4. The highest BCUT2D eigenvalue weighted by atomic mass is 32.2. The minimum Gasteiger partial charge on any atom is -0.489 e. The van der Waals surface area contributed by atoms with E-state index in [9.17, 15) is 13.5 Å². The maximum Gasteiger partial charge on any atom is 0.179 e. The molecule has 1 aromatic heterocycles. The van der Waals surface area contributed by atoms with E-state index in [-0.39, 0.29) is 5.75 Å². The first-order valence-corrected chi connectivity index (χ1v) is 14.5. The Bertz CT molecular complexity index is 1510. The Balaban J connectivity index is 1.33. The second-order valence-corrected chi connectivity index (χ2v) is 12.9. The summed E-state index contributed by atoms with van der Waals surface area (Å²) < 4.78 is 34.6. The molecule has 0 unspecified atom stereocenters. The first-order chi connectivity index (χ1) is 18.1. The average molecular weight is 529 g/mol. The van der Waals surface area contributed by atoms with Crippen molar-refractivity contribution in [1.82, 2.24) is 0 Å². The standard InChI is InChI=1S/C32H34NO4S/c1-23-7-16-29-28(19-23)30(31(34)32(2,3)22-38(29,35)36)26-12-14-27(15-13-26)37-21-25-10-8-24(9-11-25)20-33-17-5-4-6-18-33/h4-19,30-31,34H,20-22H2,1-3H3/q+1/t30-,31-/m1/s1. The molecule has 1 aliphatic rings. The molecule has 2 atom stereocenters. The van der Waals surface area contributed by atoms with Gasteiger partial charge in [0.25, 0.3) is 0 Å². The monoisotopic (exact) mass is 528 g/mol. The van der Waals surface area contributed by atoms with Crippen molar-refractivity contribution in [1.29, 1.82) is 0 Å². The van der Waals surface area contributed by atoms with Crippen LogP contribution in [0.1, 0.15) is 47.6 Å². The highest BCUT2D eigenvalue weighted by molar-refractivity contribution is 7.91. The smallest absolute Gasteiger partial charge is 0.179 e. The van der Waals surface area contributed by atoms with Crippen molar-refractivity contribution in [3.8, 4) is 5.75 Å². The summed E-state index contributed by atoms with van der Waals surface area (Å²) in [7, 11) is -3.53. The van der Waals surface area contributed by atoms with Gasteiger partial charge in [-0.3, -0.25) is 0 Å². The third-order valence-electron chi connectivity index (χ3n) is 7.32. The van der Waals surface area contributed by atoms with Crippen molar-refractivity contribution in [2.24, 2.45) is 5.41 Å². The van der Waals surface area contributed by atoms with Gasteiger partial charge in [0.05, 0.1) is 16.8 Å². The van der Waals surface area contributed by atoms with Gasteiger partial charge in [0.2, 0.25) is 0 Å². The molecule has 1 N–H and O–H groups in total. The van der Waals surface area contributed by atoms with E-state index in [4.69, 9.17) is 4.74 Å². The lowest BCUT2D eigenvalue weighted by Gasteiger charge is -2.33. The molecule has 0 spiro atoms. The molecular weight excluding hydrogens is 494 g/mol. The van der Waals surface area contributed by atoms with Crippen LogP contribution < -0.4 is 9.30 Å². The Morgan fingerprint density at radius 3 is 2.26 bits per heavy atom. The second-order valence-electron chi connectivity index (χ2n) is 10.9. The topological polar surface area (TPSA) is 67.5 Å². The Hall–Kier alpha value is -3.48. The predicted molar refractivity (Wildman–Crippen MR) is 148 cm³/mol. The molecule has 1 aliphatic heterocycles. The van der Waals surface area contributed by atoms with Crippen LogP contribution >= 0.6 is 0 Å². The maximum atomic E-state index is 13.2. The van der Waals surface area contributed by atoms with Gasteiger partial charge in [-0.15, -0.1) is 0 Å². The van der Waals surface area contributed by atoms with Crippen LogP contribution in [-0.4, -0.2) is 25.4 Å². The van der Waals surface area contributed by atoms with E-state index < -0.39 is 27.3 Å². The van der Waals surface area contributed by atoms with Crippen molar-refractivity contribution in [3.63, 3.8) is 0 Å². The molecule has 196 valence electrons. The number of ether oxygens (including phenoxy) is 1. The van der Waals surface area contributed by atoms with Gasteiger partial charge in [0, 0.05) is 29.0 Å².